The second-order valence-corrected chi connectivity index (χ2v) is 3.65. The Bertz CT molecular complexity index is 303. The van der Waals surface area contributed by atoms with Gasteiger partial charge in [0, 0.05) is 25.0 Å². The normalized spacial score (nSPS) is 15.5. The first-order valence-electron chi connectivity index (χ1n) is 5.06. The summed E-state index contributed by atoms with van der Waals surface area (Å²) in [5.41, 5.74) is 0. The summed E-state index contributed by atoms with van der Waals surface area (Å²) in [5.74, 6) is 0.202. The average molecular weight is 193 g/mol. The molecule has 0 atom stereocenters. The first kappa shape index (κ1) is 9.24. The molecule has 1 aromatic rings. The fraction of sp³-hybridized carbons (Fsp3) is 0.600. The molecular formula is C10H15N3O. The average Bonchev–Trinajstić information content (AvgIpc) is 2.86. The number of aromatic nitrogens is 2. The molecule has 1 aliphatic carbocycles. The number of hydrogen-bond donors (Lipinski definition) is 0. The first-order chi connectivity index (χ1) is 6.81. The number of nitrogens with zero attached hydrogens (tertiary/aromatic N) is 3. The number of likely N-dealkylation sites (N-methyl/N-ethyl adjacent to an activating group) is 1. The molecule has 0 aliphatic heterocycles. The molecule has 1 aromatic heterocycles. The van der Waals surface area contributed by atoms with Gasteiger partial charge in [0.15, 0.2) is 0 Å². The maximum atomic E-state index is 11.8. The second kappa shape index (κ2) is 3.82. The minimum Gasteiger partial charge on any atom is -0.338 e. The van der Waals surface area contributed by atoms with Crippen LogP contribution in [0.3, 0.4) is 0 Å². The van der Waals surface area contributed by atoms with Crippen molar-refractivity contribution in [1.82, 2.24) is 14.5 Å². The van der Waals surface area contributed by atoms with E-state index in [0.29, 0.717) is 12.6 Å². The van der Waals surface area contributed by atoms with Crippen molar-refractivity contribution >= 4 is 5.91 Å². The van der Waals surface area contributed by atoms with Crippen LogP contribution in [0.1, 0.15) is 19.8 Å². The van der Waals surface area contributed by atoms with Crippen LogP contribution in [0.2, 0.25) is 0 Å². The molecule has 4 heteroatoms. The summed E-state index contributed by atoms with van der Waals surface area (Å²) in [6.07, 6.45) is 7.53. The van der Waals surface area contributed by atoms with E-state index >= 15 is 0 Å². The van der Waals surface area contributed by atoms with Crippen molar-refractivity contribution in [2.24, 2.45) is 0 Å². The third-order valence-corrected chi connectivity index (χ3v) is 2.53. The topological polar surface area (TPSA) is 38.1 Å². The number of hydrogen-bond acceptors (Lipinski definition) is 2. The molecule has 0 spiro atoms. The van der Waals surface area contributed by atoms with E-state index in [9.17, 15) is 4.79 Å². The van der Waals surface area contributed by atoms with Crippen molar-refractivity contribution in [3.8, 4) is 0 Å². The summed E-state index contributed by atoms with van der Waals surface area (Å²) >= 11 is 0. The number of amides is 1. The fourth-order valence-corrected chi connectivity index (χ4v) is 1.65. The van der Waals surface area contributed by atoms with Crippen molar-refractivity contribution in [2.75, 3.05) is 6.54 Å². The van der Waals surface area contributed by atoms with Gasteiger partial charge in [0.25, 0.3) is 0 Å². The highest BCUT2D eigenvalue weighted by Gasteiger charge is 2.30. The molecule has 0 radical (unpaired) electrons. The molecule has 1 amide bonds. The van der Waals surface area contributed by atoms with Gasteiger partial charge < -0.3 is 9.47 Å². The van der Waals surface area contributed by atoms with Gasteiger partial charge in [-0.1, -0.05) is 0 Å². The lowest BCUT2D eigenvalue weighted by atomic mass is 10.4. The van der Waals surface area contributed by atoms with Crippen LogP contribution in [-0.2, 0) is 11.3 Å². The van der Waals surface area contributed by atoms with Gasteiger partial charge in [-0.15, -0.1) is 0 Å². The predicted octanol–water partition coefficient (Wildman–Crippen LogP) is 0.894. The van der Waals surface area contributed by atoms with Crippen LogP contribution >= 0.6 is 0 Å². The van der Waals surface area contributed by atoms with E-state index in [2.05, 4.69) is 4.98 Å². The molecule has 0 saturated heterocycles. The number of imidazole rings is 1. The van der Waals surface area contributed by atoms with Crippen molar-refractivity contribution < 1.29 is 4.79 Å². The smallest absolute Gasteiger partial charge is 0.242 e. The molecule has 0 bridgehead atoms. The second-order valence-electron chi connectivity index (χ2n) is 3.65. The lowest BCUT2D eigenvalue weighted by Gasteiger charge is -2.20. The molecule has 4 nitrogen and oxygen atoms in total. The highest BCUT2D eigenvalue weighted by atomic mass is 16.2. The van der Waals surface area contributed by atoms with E-state index in [0.717, 1.165) is 6.54 Å². The summed E-state index contributed by atoms with van der Waals surface area (Å²) in [6.45, 7) is 3.27. The minimum absolute atomic E-state index is 0.202. The van der Waals surface area contributed by atoms with Crippen molar-refractivity contribution in [3.63, 3.8) is 0 Å². The van der Waals surface area contributed by atoms with E-state index in [1.54, 1.807) is 12.5 Å². The molecule has 14 heavy (non-hydrogen) atoms. The Morgan fingerprint density at radius 1 is 1.64 bits per heavy atom. The molecular weight excluding hydrogens is 178 g/mol. The monoisotopic (exact) mass is 193 g/mol. The van der Waals surface area contributed by atoms with Gasteiger partial charge in [0.2, 0.25) is 5.91 Å². The highest BCUT2D eigenvalue weighted by molar-refractivity contribution is 5.76. The third kappa shape index (κ3) is 1.95. The molecule has 2 rings (SSSR count). The zero-order valence-corrected chi connectivity index (χ0v) is 8.39. The quantitative estimate of drug-likeness (QED) is 0.712. The van der Waals surface area contributed by atoms with Crippen molar-refractivity contribution in [2.45, 2.75) is 32.4 Å². The highest BCUT2D eigenvalue weighted by Crippen LogP contribution is 2.26. The van der Waals surface area contributed by atoms with Crippen LogP contribution in [0.4, 0.5) is 0 Å². The Labute approximate surface area is 83.5 Å². The maximum Gasteiger partial charge on any atom is 0.242 e. The van der Waals surface area contributed by atoms with E-state index < -0.39 is 0 Å². The van der Waals surface area contributed by atoms with E-state index in [1.165, 1.54) is 12.8 Å². The minimum atomic E-state index is 0.202. The molecule has 1 saturated carbocycles. The van der Waals surface area contributed by atoms with Gasteiger partial charge in [0.1, 0.15) is 6.54 Å². The summed E-state index contributed by atoms with van der Waals surface area (Å²) in [7, 11) is 0. The van der Waals surface area contributed by atoms with Crippen LogP contribution in [0.5, 0.6) is 0 Å². The van der Waals surface area contributed by atoms with Crippen LogP contribution in [0.15, 0.2) is 18.7 Å². The van der Waals surface area contributed by atoms with Crippen LogP contribution < -0.4 is 0 Å². The van der Waals surface area contributed by atoms with Gasteiger partial charge in [-0.05, 0) is 19.8 Å². The Hall–Kier alpha value is -1.32. The Morgan fingerprint density at radius 2 is 2.43 bits per heavy atom. The summed E-state index contributed by atoms with van der Waals surface area (Å²) in [5, 5.41) is 0. The zero-order valence-electron chi connectivity index (χ0n) is 8.39. The predicted molar refractivity (Wildman–Crippen MR) is 52.6 cm³/mol. The lowest BCUT2D eigenvalue weighted by molar-refractivity contribution is -0.132. The van der Waals surface area contributed by atoms with Gasteiger partial charge in [-0.3, -0.25) is 4.79 Å². The standard InChI is InChI=1S/C10H15N3O/c1-2-13(9-3-4-9)10(14)7-12-6-5-11-8-12/h5-6,8-9H,2-4,7H2,1H3. The van der Waals surface area contributed by atoms with Gasteiger partial charge in [-0.25, -0.2) is 4.98 Å². The first-order valence-corrected chi connectivity index (χ1v) is 5.06. The van der Waals surface area contributed by atoms with Gasteiger partial charge >= 0.3 is 0 Å². The van der Waals surface area contributed by atoms with Crippen molar-refractivity contribution in [1.29, 1.82) is 0 Å². The molecule has 0 N–H and O–H groups in total. The van der Waals surface area contributed by atoms with Crippen molar-refractivity contribution in [3.05, 3.63) is 18.7 Å². The number of rotatable bonds is 4. The van der Waals surface area contributed by atoms with E-state index in [1.807, 2.05) is 22.6 Å². The van der Waals surface area contributed by atoms with Crippen LogP contribution in [0.25, 0.3) is 0 Å². The zero-order chi connectivity index (χ0) is 9.97. The Balaban J connectivity index is 1.93. The third-order valence-electron chi connectivity index (χ3n) is 2.53. The SMILES string of the molecule is CCN(C(=O)Cn1ccnc1)C1CC1. The molecule has 0 aromatic carbocycles. The van der Waals surface area contributed by atoms with Crippen LogP contribution in [-0.4, -0.2) is 32.9 Å². The molecule has 0 unspecified atom stereocenters. The summed E-state index contributed by atoms with van der Waals surface area (Å²) in [6, 6.07) is 0.510. The fourth-order valence-electron chi connectivity index (χ4n) is 1.65. The van der Waals surface area contributed by atoms with Crippen LogP contribution in [0, 0.1) is 0 Å². The van der Waals surface area contributed by atoms with E-state index in [4.69, 9.17) is 0 Å². The number of carbonyl (C=O) groups excluding carboxylic acids is 1. The Morgan fingerprint density at radius 3 is 2.93 bits per heavy atom. The largest absolute Gasteiger partial charge is 0.338 e. The molecule has 1 heterocycles. The van der Waals surface area contributed by atoms with E-state index in [-0.39, 0.29) is 5.91 Å². The summed E-state index contributed by atoms with van der Waals surface area (Å²) in [4.78, 5) is 17.7. The van der Waals surface area contributed by atoms with Gasteiger partial charge in [-0.2, -0.15) is 0 Å². The molecule has 76 valence electrons. The number of carbonyl (C=O) groups is 1. The maximum absolute atomic E-state index is 11.8. The molecule has 1 fully saturated rings. The Kier molecular flexibility index (Phi) is 2.52. The lowest BCUT2D eigenvalue weighted by Crippen LogP contribution is -2.35. The summed E-state index contributed by atoms with van der Waals surface area (Å²) < 4.78 is 1.81. The molecule has 1 aliphatic rings. The van der Waals surface area contributed by atoms with Gasteiger partial charge in [0.05, 0.1) is 6.33 Å².